The molecule has 0 bridgehead atoms. The van der Waals surface area contributed by atoms with Gasteiger partial charge in [0.25, 0.3) is 5.91 Å². The number of hydrogen-bond donors (Lipinski definition) is 1. The average Bonchev–Trinajstić information content (AvgIpc) is 3.25. The molecule has 0 radical (unpaired) electrons. The minimum atomic E-state index is -0.168. The van der Waals surface area contributed by atoms with E-state index in [0.29, 0.717) is 11.3 Å². The second-order valence-corrected chi connectivity index (χ2v) is 7.99. The highest BCUT2D eigenvalue weighted by atomic mass is 32.1. The second kappa shape index (κ2) is 8.42. The normalized spacial score (nSPS) is 10.7. The van der Waals surface area contributed by atoms with Gasteiger partial charge in [0.1, 0.15) is 16.5 Å². The number of benzene rings is 4. The molecule has 0 aliphatic heterocycles. The summed E-state index contributed by atoms with van der Waals surface area (Å²) in [6.45, 7) is 0. The van der Waals surface area contributed by atoms with Gasteiger partial charge in [-0.05, 0) is 72.8 Å². The van der Waals surface area contributed by atoms with Gasteiger partial charge in [-0.15, -0.1) is 11.3 Å². The average molecular weight is 423 g/mol. The smallest absolute Gasteiger partial charge is 0.255 e. The van der Waals surface area contributed by atoms with E-state index >= 15 is 0 Å². The van der Waals surface area contributed by atoms with Crippen molar-refractivity contribution in [1.29, 1.82) is 0 Å². The third-order valence-corrected chi connectivity index (χ3v) is 5.86. The number of carbonyl (C=O) groups is 1. The van der Waals surface area contributed by atoms with Crippen molar-refractivity contribution in [3.63, 3.8) is 0 Å². The Labute approximate surface area is 183 Å². The van der Waals surface area contributed by atoms with Gasteiger partial charge in [-0.1, -0.05) is 30.3 Å². The van der Waals surface area contributed by atoms with Crippen molar-refractivity contribution in [1.82, 2.24) is 4.98 Å². The molecule has 5 heteroatoms. The van der Waals surface area contributed by atoms with Crippen LogP contribution in [0.1, 0.15) is 10.4 Å². The number of amides is 1. The summed E-state index contributed by atoms with van der Waals surface area (Å²) in [5.74, 6) is 1.27. The molecule has 1 heterocycles. The minimum absolute atomic E-state index is 0.168. The molecule has 0 aliphatic carbocycles. The van der Waals surface area contributed by atoms with E-state index in [-0.39, 0.29) is 5.91 Å². The molecule has 0 spiro atoms. The van der Waals surface area contributed by atoms with Gasteiger partial charge in [0, 0.05) is 16.8 Å². The number of hydrogen-bond acceptors (Lipinski definition) is 4. The molecule has 0 atom stereocenters. The fourth-order valence-corrected chi connectivity index (χ4v) is 4.17. The van der Waals surface area contributed by atoms with E-state index in [4.69, 9.17) is 4.74 Å². The lowest BCUT2D eigenvalue weighted by atomic mass is 10.2. The molecule has 0 saturated heterocycles. The van der Waals surface area contributed by atoms with Gasteiger partial charge < -0.3 is 10.1 Å². The van der Waals surface area contributed by atoms with Crippen LogP contribution in [0.5, 0.6) is 11.5 Å². The van der Waals surface area contributed by atoms with Crippen LogP contribution in [0.15, 0.2) is 103 Å². The molecule has 5 rings (SSSR count). The predicted octanol–water partition coefficient (Wildman–Crippen LogP) is 7.01. The van der Waals surface area contributed by atoms with E-state index in [1.165, 1.54) is 0 Å². The number of anilines is 1. The highest BCUT2D eigenvalue weighted by Gasteiger charge is 2.09. The second-order valence-electron chi connectivity index (χ2n) is 6.96. The molecule has 0 unspecified atom stereocenters. The maximum Gasteiger partial charge on any atom is 0.255 e. The Hall–Kier alpha value is -3.96. The molecule has 1 amide bonds. The quantitative estimate of drug-likeness (QED) is 0.331. The fraction of sp³-hybridized carbons (Fsp3) is 0. The summed E-state index contributed by atoms with van der Waals surface area (Å²) in [6, 6.07) is 32.5. The van der Waals surface area contributed by atoms with Gasteiger partial charge in [0.05, 0.1) is 10.2 Å². The van der Waals surface area contributed by atoms with Crippen LogP contribution >= 0.6 is 11.3 Å². The number of nitrogens with one attached hydrogen (secondary N) is 1. The Balaban J connectivity index is 1.26. The number of carbonyl (C=O) groups excluding carboxylic acids is 1. The molecule has 0 saturated carbocycles. The van der Waals surface area contributed by atoms with Crippen LogP contribution in [0.4, 0.5) is 5.69 Å². The monoisotopic (exact) mass is 422 g/mol. The van der Waals surface area contributed by atoms with Crippen LogP contribution in [0.25, 0.3) is 20.8 Å². The summed E-state index contributed by atoms with van der Waals surface area (Å²) >= 11 is 1.66. The van der Waals surface area contributed by atoms with Crippen LogP contribution in [-0.4, -0.2) is 10.9 Å². The number of nitrogens with zero attached hydrogens (tertiary/aromatic N) is 1. The fourth-order valence-electron chi connectivity index (χ4n) is 3.19. The zero-order chi connectivity index (χ0) is 21.0. The lowest BCUT2D eigenvalue weighted by Crippen LogP contribution is -2.11. The Bertz CT molecular complexity index is 1290. The summed E-state index contributed by atoms with van der Waals surface area (Å²) in [5.41, 5.74) is 3.33. The predicted molar refractivity (Wildman–Crippen MR) is 126 cm³/mol. The van der Waals surface area contributed by atoms with Crippen molar-refractivity contribution in [3.8, 4) is 22.1 Å². The van der Waals surface area contributed by atoms with Crippen molar-refractivity contribution in [2.75, 3.05) is 5.32 Å². The standard InChI is InChI=1S/C26H18N2O2S/c29-25(18-12-16-22(17-13-18)30-21-6-2-1-3-7-21)27-20-14-10-19(11-15-20)26-28-23-8-4-5-9-24(23)31-26/h1-17H,(H,27,29). The number of fused-ring (bicyclic) bond motifs is 1. The number of thiazole rings is 1. The first-order chi connectivity index (χ1) is 15.2. The first kappa shape index (κ1) is 19.0. The summed E-state index contributed by atoms with van der Waals surface area (Å²) in [6.07, 6.45) is 0. The topological polar surface area (TPSA) is 51.2 Å². The molecule has 4 aromatic carbocycles. The molecular weight excluding hydrogens is 404 g/mol. The largest absolute Gasteiger partial charge is 0.457 e. The van der Waals surface area contributed by atoms with Crippen molar-refractivity contribution < 1.29 is 9.53 Å². The number of para-hydroxylation sites is 2. The summed E-state index contributed by atoms with van der Waals surface area (Å²) in [7, 11) is 0. The highest BCUT2D eigenvalue weighted by Crippen LogP contribution is 2.30. The number of aromatic nitrogens is 1. The van der Waals surface area contributed by atoms with E-state index in [0.717, 1.165) is 32.2 Å². The van der Waals surface area contributed by atoms with Crippen LogP contribution in [-0.2, 0) is 0 Å². The van der Waals surface area contributed by atoms with Crippen molar-refractivity contribution in [2.45, 2.75) is 0 Å². The molecule has 1 aromatic heterocycles. The maximum atomic E-state index is 12.6. The van der Waals surface area contributed by atoms with Gasteiger partial charge in [-0.2, -0.15) is 0 Å². The number of rotatable bonds is 5. The molecule has 5 aromatic rings. The van der Waals surface area contributed by atoms with Crippen LogP contribution in [0.3, 0.4) is 0 Å². The van der Waals surface area contributed by atoms with Gasteiger partial charge >= 0.3 is 0 Å². The van der Waals surface area contributed by atoms with Gasteiger partial charge in [-0.3, -0.25) is 4.79 Å². The van der Waals surface area contributed by atoms with Gasteiger partial charge in [0.2, 0.25) is 0 Å². The molecule has 4 nitrogen and oxygen atoms in total. The molecule has 1 N–H and O–H groups in total. The minimum Gasteiger partial charge on any atom is -0.457 e. The van der Waals surface area contributed by atoms with Crippen molar-refractivity contribution in [3.05, 3.63) is 109 Å². The maximum absolute atomic E-state index is 12.6. The third-order valence-electron chi connectivity index (χ3n) is 4.78. The molecule has 0 fully saturated rings. The lowest BCUT2D eigenvalue weighted by Gasteiger charge is -2.08. The first-order valence-electron chi connectivity index (χ1n) is 9.85. The molecular formula is C26H18N2O2S. The lowest BCUT2D eigenvalue weighted by molar-refractivity contribution is 0.102. The van der Waals surface area contributed by atoms with Crippen LogP contribution in [0, 0.1) is 0 Å². The molecule has 0 aliphatic rings. The zero-order valence-corrected chi connectivity index (χ0v) is 17.3. The zero-order valence-electron chi connectivity index (χ0n) is 16.5. The van der Waals surface area contributed by atoms with E-state index in [1.54, 1.807) is 35.6 Å². The summed E-state index contributed by atoms with van der Waals surface area (Å²) in [5, 5.41) is 3.90. The van der Waals surface area contributed by atoms with E-state index in [2.05, 4.69) is 16.4 Å². The Morgan fingerprint density at radius 1 is 0.742 bits per heavy atom. The van der Waals surface area contributed by atoms with Gasteiger partial charge in [0.15, 0.2) is 0 Å². The van der Waals surface area contributed by atoms with Crippen LogP contribution < -0.4 is 10.1 Å². The summed E-state index contributed by atoms with van der Waals surface area (Å²) < 4.78 is 6.93. The van der Waals surface area contributed by atoms with E-state index in [9.17, 15) is 4.79 Å². The van der Waals surface area contributed by atoms with Crippen molar-refractivity contribution in [2.24, 2.45) is 0 Å². The Morgan fingerprint density at radius 3 is 2.16 bits per heavy atom. The highest BCUT2D eigenvalue weighted by molar-refractivity contribution is 7.21. The summed E-state index contributed by atoms with van der Waals surface area (Å²) in [4.78, 5) is 17.3. The van der Waals surface area contributed by atoms with Crippen molar-refractivity contribution >= 4 is 33.1 Å². The van der Waals surface area contributed by atoms with Crippen LogP contribution in [0.2, 0.25) is 0 Å². The SMILES string of the molecule is O=C(Nc1ccc(-c2nc3ccccc3s2)cc1)c1ccc(Oc2ccccc2)cc1. The van der Waals surface area contributed by atoms with E-state index in [1.807, 2.05) is 72.8 Å². The number of ether oxygens (including phenoxy) is 1. The first-order valence-corrected chi connectivity index (χ1v) is 10.7. The van der Waals surface area contributed by atoms with Gasteiger partial charge in [-0.25, -0.2) is 4.98 Å². The Kier molecular flexibility index (Phi) is 5.17. The molecule has 31 heavy (non-hydrogen) atoms. The third kappa shape index (κ3) is 4.32. The Morgan fingerprint density at radius 2 is 1.42 bits per heavy atom. The van der Waals surface area contributed by atoms with E-state index < -0.39 is 0 Å². The molecule has 150 valence electrons.